The predicted octanol–water partition coefficient (Wildman–Crippen LogP) is 4.07. The van der Waals surface area contributed by atoms with Gasteiger partial charge in [0.1, 0.15) is 11.9 Å². The largest absolute Gasteiger partial charge is 0.417 e. The van der Waals surface area contributed by atoms with Gasteiger partial charge in [-0.1, -0.05) is 23.4 Å². The average molecular weight is 409 g/mol. The Hall–Kier alpha value is -2.93. The predicted molar refractivity (Wildman–Crippen MR) is 112 cm³/mol. The molecule has 2 N–H and O–H groups in total. The lowest BCUT2D eigenvalue weighted by molar-refractivity contribution is 0.0811. The third-order valence-electron chi connectivity index (χ3n) is 6.19. The van der Waals surface area contributed by atoms with E-state index in [1.807, 2.05) is 12.1 Å². The summed E-state index contributed by atoms with van der Waals surface area (Å²) in [6.07, 6.45) is 5.13. The zero-order valence-corrected chi connectivity index (χ0v) is 16.6. The van der Waals surface area contributed by atoms with Crippen molar-refractivity contribution < 1.29 is 13.6 Å². The molecule has 0 saturated heterocycles. The van der Waals surface area contributed by atoms with Gasteiger partial charge in [0.25, 0.3) is 0 Å². The molecule has 1 aliphatic carbocycles. The van der Waals surface area contributed by atoms with E-state index in [0.29, 0.717) is 17.5 Å². The minimum absolute atomic E-state index is 0.0154. The van der Waals surface area contributed by atoms with Crippen LogP contribution in [0.4, 0.5) is 4.39 Å². The molecule has 1 aromatic heterocycles. The van der Waals surface area contributed by atoms with E-state index >= 15 is 0 Å². The van der Waals surface area contributed by atoms with Crippen molar-refractivity contribution in [3.8, 4) is 0 Å². The van der Waals surface area contributed by atoms with Gasteiger partial charge in [-0.05, 0) is 67.0 Å². The molecule has 2 aromatic carbocycles. The lowest BCUT2D eigenvalue weighted by atomic mass is 9.81. The molecule has 0 radical (unpaired) electrons. The third-order valence-corrected chi connectivity index (χ3v) is 6.19. The summed E-state index contributed by atoms with van der Waals surface area (Å²) in [4.78, 5) is 19.6. The Kier molecular flexibility index (Phi) is 5.12. The van der Waals surface area contributed by atoms with Crippen LogP contribution in [0.25, 0.3) is 11.1 Å². The molecule has 0 amide bonds. The van der Waals surface area contributed by atoms with Crippen LogP contribution in [0.2, 0.25) is 0 Å². The minimum Gasteiger partial charge on any atom is -0.408 e. The highest BCUT2D eigenvalue weighted by atomic mass is 19.1. The molecule has 2 heterocycles. The quantitative estimate of drug-likeness (QED) is 0.666. The van der Waals surface area contributed by atoms with Crippen LogP contribution in [0, 0.1) is 5.82 Å². The van der Waals surface area contributed by atoms with Gasteiger partial charge in [0.2, 0.25) is 0 Å². The van der Waals surface area contributed by atoms with Crippen molar-refractivity contribution >= 4 is 16.8 Å². The van der Waals surface area contributed by atoms with Gasteiger partial charge in [-0.3, -0.25) is 4.98 Å². The number of hydrogen-bond donors (Lipinski definition) is 2. The van der Waals surface area contributed by atoms with Crippen molar-refractivity contribution in [2.24, 2.45) is 5.16 Å². The maximum Gasteiger partial charge on any atom is 0.417 e. The van der Waals surface area contributed by atoms with Crippen molar-refractivity contribution in [3.05, 3.63) is 70.0 Å². The number of oxime groups is 1. The summed E-state index contributed by atoms with van der Waals surface area (Å²) in [6, 6.07) is 12.9. The number of nitrogens with zero attached hydrogens (tertiary/aromatic N) is 1. The molecular formula is C23H24FN3O3. The zero-order valence-electron chi connectivity index (χ0n) is 16.6. The summed E-state index contributed by atoms with van der Waals surface area (Å²) in [5.41, 5.74) is 4.40. The van der Waals surface area contributed by atoms with Crippen molar-refractivity contribution in [3.63, 3.8) is 0 Å². The topological polar surface area (TPSA) is 79.6 Å². The summed E-state index contributed by atoms with van der Waals surface area (Å²) >= 11 is 0. The summed E-state index contributed by atoms with van der Waals surface area (Å²) in [6.45, 7) is 0.754. The Balaban J connectivity index is 1.10. The monoisotopic (exact) mass is 409 g/mol. The molecule has 1 saturated carbocycles. The molecule has 30 heavy (non-hydrogen) atoms. The lowest BCUT2D eigenvalue weighted by Gasteiger charge is -2.30. The fourth-order valence-corrected chi connectivity index (χ4v) is 4.50. The third kappa shape index (κ3) is 4.03. The molecule has 3 aromatic rings. The molecule has 0 spiro atoms. The van der Waals surface area contributed by atoms with E-state index in [2.05, 4.69) is 21.5 Å². The van der Waals surface area contributed by atoms with Gasteiger partial charge in [0.15, 0.2) is 5.58 Å². The number of hydrogen-bond acceptors (Lipinski definition) is 5. The highest BCUT2D eigenvalue weighted by Gasteiger charge is 2.26. The van der Waals surface area contributed by atoms with Gasteiger partial charge >= 0.3 is 5.76 Å². The number of oxazole rings is 1. The zero-order chi connectivity index (χ0) is 20.5. The Morgan fingerprint density at radius 1 is 1.10 bits per heavy atom. The summed E-state index contributed by atoms with van der Waals surface area (Å²) in [5, 5.41) is 7.81. The highest BCUT2D eigenvalue weighted by Crippen LogP contribution is 2.34. The summed E-state index contributed by atoms with van der Waals surface area (Å²) in [7, 11) is 0. The first-order chi connectivity index (χ1) is 14.6. The van der Waals surface area contributed by atoms with Crippen molar-refractivity contribution in [1.29, 1.82) is 0 Å². The van der Waals surface area contributed by atoms with Gasteiger partial charge in [0.05, 0.1) is 11.2 Å². The number of rotatable bonds is 5. The molecule has 2 aliphatic rings. The standard InChI is InChI=1S/C23H24FN3O3/c24-17-6-1-15(2-7-17)21-12-19(30-27-21)13-25-18-8-3-14(4-9-18)16-5-10-20-22(11-16)29-23(28)26-20/h1-2,5-7,10-11,14,18-19,25H,3-4,8-9,12-13H2,(H,26,28)/t14-,18-,19?. The maximum atomic E-state index is 13.1. The van der Waals surface area contributed by atoms with Gasteiger partial charge in [-0.25, -0.2) is 9.18 Å². The van der Waals surface area contributed by atoms with Crippen LogP contribution in [-0.2, 0) is 4.84 Å². The fourth-order valence-electron chi connectivity index (χ4n) is 4.50. The van der Waals surface area contributed by atoms with Crippen molar-refractivity contribution in [2.45, 2.75) is 50.2 Å². The molecular weight excluding hydrogens is 385 g/mol. The van der Waals surface area contributed by atoms with E-state index in [-0.39, 0.29) is 11.9 Å². The highest BCUT2D eigenvalue weighted by molar-refractivity contribution is 6.01. The first-order valence-corrected chi connectivity index (χ1v) is 10.5. The van der Waals surface area contributed by atoms with Crippen LogP contribution in [0.1, 0.15) is 49.1 Å². The molecule has 0 bridgehead atoms. The first kappa shape index (κ1) is 19.1. The maximum absolute atomic E-state index is 13.1. The Labute approximate surface area is 173 Å². The molecule has 6 nitrogen and oxygen atoms in total. The van der Waals surface area contributed by atoms with Gasteiger partial charge < -0.3 is 14.6 Å². The van der Waals surface area contributed by atoms with Crippen molar-refractivity contribution in [1.82, 2.24) is 10.3 Å². The van der Waals surface area contributed by atoms with E-state index < -0.39 is 5.76 Å². The Bertz CT molecular complexity index is 1110. The van der Waals surface area contributed by atoms with E-state index in [4.69, 9.17) is 9.25 Å². The van der Waals surface area contributed by atoms with Gasteiger partial charge in [-0.15, -0.1) is 0 Å². The number of halogens is 1. The number of aromatic nitrogens is 1. The molecule has 1 atom stereocenters. The van der Waals surface area contributed by atoms with Crippen LogP contribution in [0.5, 0.6) is 0 Å². The van der Waals surface area contributed by atoms with Gasteiger partial charge in [0, 0.05) is 19.0 Å². The SMILES string of the molecule is O=c1[nH]c2ccc([C@H]3CC[C@H](NCC4CC(c5ccc(F)cc5)=NO4)CC3)cc2o1. The molecule has 1 unspecified atom stereocenters. The second-order valence-corrected chi connectivity index (χ2v) is 8.20. The molecule has 1 fully saturated rings. The molecule has 1 aliphatic heterocycles. The van der Waals surface area contributed by atoms with Crippen LogP contribution in [0.15, 0.2) is 56.8 Å². The number of nitrogens with one attached hydrogen (secondary N) is 2. The van der Waals surface area contributed by atoms with Gasteiger partial charge in [-0.2, -0.15) is 0 Å². The molecule has 7 heteroatoms. The number of H-pyrrole nitrogens is 1. The van der Waals surface area contributed by atoms with Crippen LogP contribution in [0.3, 0.4) is 0 Å². The van der Waals surface area contributed by atoms with E-state index in [1.165, 1.54) is 17.7 Å². The van der Waals surface area contributed by atoms with Crippen LogP contribution >= 0.6 is 0 Å². The van der Waals surface area contributed by atoms with E-state index in [0.717, 1.165) is 55.4 Å². The fraction of sp³-hybridized carbons (Fsp3) is 0.391. The molecule has 156 valence electrons. The normalized spacial score (nSPS) is 24.0. The minimum atomic E-state index is -0.407. The smallest absolute Gasteiger partial charge is 0.408 e. The first-order valence-electron chi connectivity index (χ1n) is 10.5. The van der Waals surface area contributed by atoms with Crippen LogP contribution in [-0.4, -0.2) is 29.4 Å². The van der Waals surface area contributed by atoms with Crippen LogP contribution < -0.4 is 11.1 Å². The Morgan fingerprint density at radius 2 is 1.90 bits per heavy atom. The number of fused-ring (bicyclic) bond motifs is 1. The summed E-state index contributed by atoms with van der Waals surface area (Å²) in [5.74, 6) is -0.163. The molecule has 5 rings (SSSR count). The van der Waals surface area contributed by atoms with Crippen molar-refractivity contribution in [2.75, 3.05) is 6.54 Å². The lowest BCUT2D eigenvalue weighted by Crippen LogP contribution is -2.38. The van der Waals surface area contributed by atoms with E-state index in [1.54, 1.807) is 12.1 Å². The average Bonchev–Trinajstić information content (AvgIpc) is 3.38. The van der Waals surface area contributed by atoms with E-state index in [9.17, 15) is 9.18 Å². The summed E-state index contributed by atoms with van der Waals surface area (Å²) < 4.78 is 18.3. The Morgan fingerprint density at radius 3 is 2.70 bits per heavy atom. The number of aromatic amines is 1. The second kappa shape index (κ2) is 8.07. The second-order valence-electron chi connectivity index (χ2n) is 8.20. The number of benzene rings is 2.